The summed E-state index contributed by atoms with van der Waals surface area (Å²) >= 11 is 0. The molecule has 1 atom stereocenters. The molecule has 5 heteroatoms. The van der Waals surface area contributed by atoms with Crippen molar-refractivity contribution in [1.29, 1.82) is 0 Å². The first-order valence-corrected chi connectivity index (χ1v) is 3.94. The standard InChI is InChI=1S/C7H12N4O/c1-11-5-3-9-2-4(8)6(5)7(12)10-11/h4,9H,2-3,8H2,1H3,(H,10,12). The summed E-state index contributed by atoms with van der Waals surface area (Å²) in [4.78, 5) is 11.3. The van der Waals surface area contributed by atoms with Crippen LogP contribution in [0.3, 0.4) is 0 Å². The van der Waals surface area contributed by atoms with Gasteiger partial charge in [0.25, 0.3) is 5.56 Å². The Balaban J connectivity index is 2.63. The van der Waals surface area contributed by atoms with Crippen molar-refractivity contribution in [2.45, 2.75) is 12.6 Å². The molecule has 0 bridgehead atoms. The number of fused-ring (bicyclic) bond motifs is 1. The van der Waals surface area contributed by atoms with Crippen LogP contribution in [0.15, 0.2) is 4.79 Å². The van der Waals surface area contributed by atoms with Gasteiger partial charge in [-0.2, -0.15) is 0 Å². The minimum atomic E-state index is -0.168. The van der Waals surface area contributed by atoms with Gasteiger partial charge in [-0.1, -0.05) is 0 Å². The maximum absolute atomic E-state index is 11.3. The lowest BCUT2D eigenvalue weighted by Crippen LogP contribution is -2.35. The molecule has 1 aromatic rings. The predicted octanol–water partition coefficient (Wildman–Crippen LogP) is -1.18. The number of nitrogens with one attached hydrogen (secondary N) is 2. The Morgan fingerprint density at radius 1 is 1.67 bits per heavy atom. The van der Waals surface area contributed by atoms with Crippen LogP contribution in [-0.4, -0.2) is 16.3 Å². The van der Waals surface area contributed by atoms with Gasteiger partial charge in [0.15, 0.2) is 0 Å². The van der Waals surface area contributed by atoms with Crippen molar-refractivity contribution in [1.82, 2.24) is 15.1 Å². The molecule has 0 amide bonds. The smallest absolute Gasteiger partial charge is 0.269 e. The maximum Gasteiger partial charge on any atom is 0.269 e. The topological polar surface area (TPSA) is 75.8 Å². The van der Waals surface area contributed by atoms with Crippen LogP contribution >= 0.6 is 0 Å². The van der Waals surface area contributed by atoms with Crippen molar-refractivity contribution >= 4 is 0 Å². The normalized spacial score (nSPS) is 22.3. The van der Waals surface area contributed by atoms with Crippen molar-refractivity contribution in [2.24, 2.45) is 12.8 Å². The average Bonchev–Trinajstić information content (AvgIpc) is 2.29. The van der Waals surface area contributed by atoms with E-state index in [4.69, 9.17) is 5.73 Å². The van der Waals surface area contributed by atoms with Crippen molar-refractivity contribution < 1.29 is 0 Å². The molecule has 0 aromatic carbocycles. The summed E-state index contributed by atoms with van der Waals surface area (Å²) in [5.41, 5.74) is 7.41. The lowest BCUT2D eigenvalue weighted by atomic mass is 10.1. The first kappa shape index (κ1) is 7.57. The van der Waals surface area contributed by atoms with Gasteiger partial charge in [-0.15, -0.1) is 0 Å². The SMILES string of the molecule is Cn1[nH]c(=O)c2c1CNCC2N. The number of rotatable bonds is 0. The van der Waals surface area contributed by atoms with Gasteiger partial charge in [0.2, 0.25) is 0 Å². The van der Waals surface area contributed by atoms with Gasteiger partial charge >= 0.3 is 0 Å². The third-order valence-corrected chi connectivity index (χ3v) is 2.26. The van der Waals surface area contributed by atoms with E-state index < -0.39 is 0 Å². The molecule has 0 spiro atoms. The molecule has 2 heterocycles. The van der Waals surface area contributed by atoms with E-state index in [1.54, 1.807) is 4.68 Å². The summed E-state index contributed by atoms with van der Waals surface area (Å²) in [7, 11) is 1.82. The Labute approximate surface area is 69.5 Å². The van der Waals surface area contributed by atoms with Crippen LogP contribution in [0.1, 0.15) is 17.3 Å². The monoisotopic (exact) mass is 168 g/mol. The molecule has 0 radical (unpaired) electrons. The fourth-order valence-electron chi connectivity index (χ4n) is 1.64. The highest BCUT2D eigenvalue weighted by molar-refractivity contribution is 5.24. The van der Waals surface area contributed by atoms with E-state index in [0.717, 1.165) is 17.8 Å². The first-order valence-electron chi connectivity index (χ1n) is 3.94. The van der Waals surface area contributed by atoms with E-state index in [2.05, 4.69) is 10.4 Å². The zero-order valence-corrected chi connectivity index (χ0v) is 6.92. The molecule has 12 heavy (non-hydrogen) atoms. The molecule has 4 N–H and O–H groups in total. The molecular weight excluding hydrogens is 156 g/mol. The zero-order chi connectivity index (χ0) is 8.72. The van der Waals surface area contributed by atoms with Crippen LogP contribution in [0.2, 0.25) is 0 Å². The molecule has 0 aliphatic carbocycles. The Morgan fingerprint density at radius 3 is 3.08 bits per heavy atom. The summed E-state index contributed by atoms with van der Waals surface area (Å²) in [6, 6.07) is -0.168. The van der Waals surface area contributed by atoms with Crippen LogP contribution in [0, 0.1) is 0 Å². The number of hydrogen-bond acceptors (Lipinski definition) is 3. The van der Waals surface area contributed by atoms with E-state index in [1.165, 1.54) is 0 Å². The van der Waals surface area contributed by atoms with E-state index in [0.29, 0.717) is 6.54 Å². The van der Waals surface area contributed by atoms with Gasteiger partial charge in [0.1, 0.15) is 0 Å². The highest BCUT2D eigenvalue weighted by atomic mass is 16.1. The van der Waals surface area contributed by atoms with Gasteiger partial charge in [0, 0.05) is 26.2 Å². The second kappa shape index (κ2) is 2.46. The molecule has 0 fully saturated rings. The number of aromatic nitrogens is 2. The van der Waals surface area contributed by atoms with E-state index >= 15 is 0 Å². The van der Waals surface area contributed by atoms with E-state index in [-0.39, 0.29) is 11.6 Å². The third kappa shape index (κ3) is 0.904. The molecule has 0 saturated carbocycles. The molecule has 0 saturated heterocycles. The maximum atomic E-state index is 11.3. The second-order valence-electron chi connectivity index (χ2n) is 3.10. The second-order valence-corrected chi connectivity index (χ2v) is 3.10. The zero-order valence-electron chi connectivity index (χ0n) is 6.92. The molecule has 1 aromatic heterocycles. The van der Waals surface area contributed by atoms with Gasteiger partial charge in [-0.05, 0) is 0 Å². The number of aromatic amines is 1. The number of nitrogens with two attached hydrogens (primary N) is 1. The number of aryl methyl sites for hydroxylation is 1. The minimum absolute atomic E-state index is 0.0542. The van der Waals surface area contributed by atoms with Gasteiger partial charge in [-0.3, -0.25) is 14.6 Å². The Bertz CT molecular complexity index is 351. The molecule has 1 aliphatic heterocycles. The minimum Gasteiger partial charge on any atom is -0.323 e. The molecular formula is C7H12N4O. The van der Waals surface area contributed by atoms with Gasteiger partial charge in [0.05, 0.1) is 11.3 Å². The van der Waals surface area contributed by atoms with Gasteiger partial charge in [-0.25, -0.2) is 0 Å². The third-order valence-electron chi connectivity index (χ3n) is 2.26. The summed E-state index contributed by atoms with van der Waals surface area (Å²) in [5.74, 6) is 0. The Hall–Kier alpha value is -1.07. The first-order chi connectivity index (χ1) is 5.70. The highest BCUT2D eigenvalue weighted by Gasteiger charge is 2.22. The predicted molar refractivity (Wildman–Crippen MR) is 44.7 cm³/mol. The molecule has 66 valence electrons. The fourth-order valence-corrected chi connectivity index (χ4v) is 1.64. The van der Waals surface area contributed by atoms with Crippen LogP contribution in [0.5, 0.6) is 0 Å². The number of hydrogen-bond donors (Lipinski definition) is 3. The highest BCUT2D eigenvalue weighted by Crippen LogP contribution is 2.14. The van der Waals surface area contributed by atoms with Crippen molar-refractivity contribution in [2.75, 3.05) is 6.54 Å². The summed E-state index contributed by atoms with van der Waals surface area (Å²) in [5, 5.41) is 5.83. The fraction of sp³-hybridized carbons (Fsp3) is 0.571. The summed E-state index contributed by atoms with van der Waals surface area (Å²) in [6.45, 7) is 1.40. The van der Waals surface area contributed by atoms with Gasteiger partial charge < -0.3 is 11.1 Å². The largest absolute Gasteiger partial charge is 0.323 e. The van der Waals surface area contributed by atoms with Crippen LogP contribution in [0.25, 0.3) is 0 Å². The number of H-pyrrole nitrogens is 1. The average molecular weight is 168 g/mol. The Morgan fingerprint density at radius 2 is 2.42 bits per heavy atom. The van der Waals surface area contributed by atoms with Crippen molar-refractivity contribution in [3.05, 3.63) is 21.6 Å². The molecule has 1 unspecified atom stereocenters. The van der Waals surface area contributed by atoms with E-state index in [1.807, 2.05) is 7.05 Å². The lowest BCUT2D eigenvalue weighted by Gasteiger charge is -2.19. The molecule has 2 rings (SSSR count). The summed E-state index contributed by atoms with van der Waals surface area (Å²) < 4.78 is 1.73. The van der Waals surface area contributed by atoms with Crippen LogP contribution < -0.4 is 16.6 Å². The van der Waals surface area contributed by atoms with E-state index in [9.17, 15) is 4.79 Å². The summed E-state index contributed by atoms with van der Waals surface area (Å²) in [6.07, 6.45) is 0. The van der Waals surface area contributed by atoms with Crippen LogP contribution in [0.4, 0.5) is 0 Å². The lowest BCUT2D eigenvalue weighted by molar-refractivity contribution is 0.530. The molecule has 5 nitrogen and oxygen atoms in total. The van der Waals surface area contributed by atoms with Crippen molar-refractivity contribution in [3.8, 4) is 0 Å². The Kier molecular flexibility index (Phi) is 1.55. The number of nitrogens with zero attached hydrogens (tertiary/aromatic N) is 1. The quantitative estimate of drug-likeness (QED) is 0.456. The van der Waals surface area contributed by atoms with Crippen molar-refractivity contribution in [3.63, 3.8) is 0 Å². The molecule has 1 aliphatic rings. The van der Waals surface area contributed by atoms with Crippen LogP contribution in [-0.2, 0) is 13.6 Å².